The van der Waals surface area contributed by atoms with Gasteiger partial charge in [0.15, 0.2) is 17.5 Å². The van der Waals surface area contributed by atoms with Crippen LogP contribution in [0.3, 0.4) is 0 Å². The standard InChI is InChI=1S/C22H37N5O4/c1-6-24-21(26-15-22(2,3)20(23)28)25-14-17(27-9-11-31-12-10-27)16-7-8-18(29-4)19(13-16)30-5/h7-8,13,17H,6,9-12,14-15H2,1-5H3,(H2,23,28)(H2,24,25,26). The summed E-state index contributed by atoms with van der Waals surface area (Å²) in [6.07, 6.45) is 0. The van der Waals surface area contributed by atoms with Crippen LogP contribution in [0.4, 0.5) is 0 Å². The monoisotopic (exact) mass is 435 g/mol. The molecule has 9 nitrogen and oxygen atoms in total. The zero-order chi connectivity index (χ0) is 22.9. The summed E-state index contributed by atoms with van der Waals surface area (Å²) in [7, 11) is 3.27. The maximum atomic E-state index is 11.6. The number of aliphatic imine (C=N–C) groups is 1. The summed E-state index contributed by atoms with van der Waals surface area (Å²) in [5, 5.41) is 6.67. The number of amides is 1. The molecule has 1 aromatic carbocycles. The molecule has 2 rings (SSSR count). The van der Waals surface area contributed by atoms with E-state index in [-0.39, 0.29) is 11.9 Å². The smallest absolute Gasteiger partial charge is 0.224 e. The van der Waals surface area contributed by atoms with Crippen LogP contribution < -0.4 is 25.8 Å². The van der Waals surface area contributed by atoms with Crippen LogP contribution in [-0.4, -0.2) is 76.9 Å². The summed E-state index contributed by atoms with van der Waals surface area (Å²) in [6.45, 7) is 10.3. The second kappa shape index (κ2) is 11.8. The van der Waals surface area contributed by atoms with Crippen LogP contribution in [0.5, 0.6) is 11.5 Å². The molecule has 9 heteroatoms. The van der Waals surface area contributed by atoms with Gasteiger partial charge in [0.1, 0.15) is 0 Å². The predicted molar refractivity (Wildman–Crippen MR) is 122 cm³/mol. The Labute approximate surface area is 185 Å². The third-order valence-corrected chi connectivity index (χ3v) is 5.39. The van der Waals surface area contributed by atoms with Crippen molar-refractivity contribution in [2.24, 2.45) is 16.1 Å². The Morgan fingerprint density at radius 2 is 1.90 bits per heavy atom. The summed E-state index contributed by atoms with van der Waals surface area (Å²) in [4.78, 5) is 18.6. The van der Waals surface area contributed by atoms with Gasteiger partial charge in [-0.1, -0.05) is 6.07 Å². The fourth-order valence-electron chi connectivity index (χ4n) is 3.30. The highest BCUT2D eigenvalue weighted by Gasteiger charge is 2.26. The van der Waals surface area contributed by atoms with Gasteiger partial charge in [0, 0.05) is 26.2 Å². The van der Waals surface area contributed by atoms with Crippen molar-refractivity contribution in [3.8, 4) is 11.5 Å². The molecule has 174 valence electrons. The third kappa shape index (κ3) is 7.00. The molecule has 0 saturated carbocycles. The van der Waals surface area contributed by atoms with Crippen LogP contribution in [0.15, 0.2) is 23.2 Å². The Morgan fingerprint density at radius 1 is 1.23 bits per heavy atom. The van der Waals surface area contributed by atoms with Gasteiger partial charge in [0.25, 0.3) is 0 Å². The highest BCUT2D eigenvalue weighted by Crippen LogP contribution is 2.32. The second-order valence-corrected chi connectivity index (χ2v) is 8.10. The van der Waals surface area contributed by atoms with E-state index in [0.717, 1.165) is 18.7 Å². The topological polar surface area (TPSA) is 110 Å². The van der Waals surface area contributed by atoms with Crippen LogP contribution in [0.25, 0.3) is 0 Å². The lowest BCUT2D eigenvalue weighted by Gasteiger charge is -2.35. The lowest BCUT2D eigenvalue weighted by Crippen LogP contribution is -2.46. The van der Waals surface area contributed by atoms with Crippen molar-refractivity contribution in [2.45, 2.75) is 26.8 Å². The zero-order valence-electron chi connectivity index (χ0n) is 19.4. The molecular formula is C22H37N5O4. The molecular weight excluding hydrogens is 398 g/mol. The first kappa shape index (κ1) is 24.7. The number of primary amides is 1. The summed E-state index contributed by atoms with van der Waals surface area (Å²) in [5.41, 5.74) is 5.89. The van der Waals surface area contributed by atoms with E-state index in [1.165, 1.54) is 0 Å². The minimum atomic E-state index is -0.713. The number of guanidine groups is 1. The van der Waals surface area contributed by atoms with Gasteiger partial charge in [-0.15, -0.1) is 0 Å². The van der Waals surface area contributed by atoms with Gasteiger partial charge in [-0.05, 0) is 38.5 Å². The van der Waals surface area contributed by atoms with E-state index in [1.54, 1.807) is 28.1 Å². The van der Waals surface area contributed by atoms with Gasteiger partial charge in [0.05, 0.1) is 45.4 Å². The van der Waals surface area contributed by atoms with E-state index in [2.05, 4.69) is 26.6 Å². The van der Waals surface area contributed by atoms with Crippen molar-refractivity contribution in [3.05, 3.63) is 23.8 Å². The fourth-order valence-corrected chi connectivity index (χ4v) is 3.30. The van der Waals surface area contributed by atoms with Crippen LogP contribution in [0, 0.1) is 5.41 Å². The summed E-state index contributed by atoms with van der Waals surface area (Å²) in [6, 6.07) is 6.08. The molecule has 1 unspecified atom stereocenters. The fraction of sp³-hybridized carbons (Fsp3) is 0.636. The maximum Gasteiger partial charge on any atom is 0.224 e. The molecule has 0 aromatic heterocycles. The first-order valence-corrected chi connectivity index (χ1v) is 10.7. The minimum absolute atomic E-state index is 0.0803. The zero-order valence-corrected chi connectivity index (χ0v) is 19.4. The Balaban J connectivity index is 2.23. The van der Waals surface area contributed by atoms with Crippen molar-refractivity contribution < 1.29 is 19.0 Å². The van der Waals surface area contributed by atoms with E-state index in [0.29, 0.717) is 50.3 Å². The predicted octanol–water partition coefficient (Wildman–Crippen LogP) is 1.14. The second-order valence-electron chi connectivity index (χ2n) is 8.10. The van der Waals surface area contributed by atoms with Crippen LogP contribution in [-0.2, 0) is 9.53 Å². The molecule has 31 heavy (non-hydrogen) atoms. The lowest BCUT2D eigenvalue weighted by molar-refractivity contribution is -0.125. The van der Waals surface area contributed by atoms with Crippen molar-refractivity contribution in [3.63, 3.8) is 0 Å². The normalized spacial score (nSPS) is 16.5. The molecule has 1 saturated heterocycles. The molecule has 1 fully saturated rings. The van der Waals surface area contributed by atoms with Gasteiger partial charge >= 0.3 is 0 Å². The first-order valence-electron chi connectivity index (χ1n) is 10.7. The number of nitrogens with zero attached hydrogens (tertiary/aromatic N) is 2. The summed E-state index contributed by atoms with van der Waals surface area (Å²) >= 11 is 0. The van der Waals surface area contributed by atoms with Crippen LogP contribution in [0.2, 0.25) is 0 Å². The number of nitrogens with one attached hydrogen (secondary N) is 2. The Morgan fingerprint density at radius 3 is 2.48 bits per heavy atom. The lowest BCUT2D eigenvalue weighted by atomic mass is 9.93. The van der Waals surface area contributed by atoms with Gasteiger partial charge in [0.2, 0.25) is 5.91 Å². The number of carbonyl (C=O) groups excluding carboxylic acids is 1. The number of hydrogen-bond donors (Lipinski definition) is 3. The molecule has 1 heterocycles. The quantitative estimate of drug-likeness (QED) is 0.373. The summed E-state index contributed by atoms with van der Waals surface area (Å²) in [5.74, 6) is 1.67. The molecule has 1 aromatic rings. The molecule has 0 spiro atoms. The average molecular weight is 436 g/mol. The SMILES string of the molecule is CCNC(=NCC(C)(C)C(N)=O)NCC(c1ccc(OC)c(OC)c1)N1CCOCC1. The third-order valence-electron chi connectivity index (χ3n) is 5.39. The number of rotatable bonds is 10. The summed E-state index contributed by atoms with van der Waals surface area (Å²) < 4.78 is 16.4. The molecule has 0 bridgehead atoms. The molecule has 0 radical (unpaired) electrons. The number of methoxy groups -OCH3 is 2. The van der Waals surface area contributed by atoms with E-state index in [1.807, 2.05) is 19.1 Å². The van der Waals surface area contributed by atoms with Gasteiger partial charge in [-0.25, -0.2) is 0 Å². The number of ether oxygens (including phenoxy) is 3. The van der Waals surface area contributed by atoms with Crippen molar-refractivity contribution >= 4 is 11.9 Å². The molecule has 0 aliphatic carbocycles. The van der Waals surface area contributed by atoms with E-state index in [4.69, 9.17) is 19.9 Å². The molecule has 1 amide bonds. The van der Waals surface area contributed by atoms with Crippen molar-refractivity contribution in [1.82, 2.24) is 15.5 Å². The largest absolute Gasteiger partial charge is 0.493 e. The Bertz CT molecular complexity index is 747. The maximum absolute atomic E-state index is 11.6. The molecule has 4 N–H and O–H groups in total. The number of hydrogen-bond acceptors (Lipinski definition) is 6. The molecule has 1 aliphatic heterocycles. The highest BCUT2D eigenvalue weighted by atomic mass is 16.5. The minimum Gasteiger partial charge on any atom is -0.493 e. The van der Waals surface area contributed by atoms with E-state index >= 15 is 0 Å². The van der Waals surface area contributed by atoms with Crippen molar-refractivity contribution in [2.75, 3.05) is 60.2 Å². The number of carbonyl (C=O) groups is 1. The van der Waals surface area contributed by atoms with Gasteiger partial charge < -0.3 is 30.6 Å². The van der Waals surface area contributed by atoms with Crippen molar-refractivity contribution in [1.29, 1.82) is 0 Å². The Kier molecular flexibility index (Phi) is 9.39. The number of benzene rings is 1. The molecule has 1 aliphatic rings. The first-order chi connectivity index (χ1) is 14.8. The van der Waals surface area contributed by atoms with E-state index < -0.39 is 5.41 Å². The van der Waals surface area contributed by atoms with Crippen LogP contribution in [0.1, 0.15) is 32.4 Å². The average Bonchev–Trinajstić information content (AvgIpc) is 2.77. The molecule has 1 atom stereocenters. The van der Waals surface area contributed by atoms with Crippen LogP contribution >= 0.6 is 0 Å². The van der Waals surface area contributed by atoms with E-state index in [9.17, 15) is 4.79 Å². The number of morpholine rings is 1. The van der Waals surface area contributed by atoms with Gasteiger partial charge in [-0.2, -0.15) is 0 Å². The highest BCUT2D eigenvalue weighted by molar-refractivity contribution is 5.82. The Hall–Kier alpha value is -2.52. The number of nitrogens with two attached hydrogens (primary N) is 1. The van der Waals surface area contributed by atoms with Gasteiger partial charge in [-0.3, -0.25) is 14.7 Å².